The van der Waals surface area contributed by atoms with Gasteiger partial charge >= 0.3 is 0 Å². The van der Waals surface area contributed by atoms with E-state index in [2.05, 4.69) is 31.4 Å². The Morgan fingerprint density at radius 1 is 1.36 bits per heavy atom. The van der Waals surface area contributed by atoms with Crippen LogP contribution in [0.25, 0.3) is 0 Å². The number of nitrogens with zero attached hydrogens (tertiary/aromatic N) is 6. The Labute approximate surface area is 165 Å². The summed E-state index contributed by atoms with van der Waals surface area (Å²) in [6, 6.07) is 4.07. The van der Waals surface area contributed by atoms with Crippen LogP contribution in [0.4, 0.5) is 5.95 Å². The highest BCUT2D eigenvalue weighted by atomic mass is 16.1. The molecule has 0 aliphatic carbocycles. The second-order valence-electron chi connectivity index (χ2n) is 7.18. The highest BCUT2D eigenvalue weighted by Crippen LogP contribution is 2.17. The van der Waals surface area contributed by atoms with Crippen LogP contribution >= 0.6 is 0 Å². The van der Waals surface area contributed by atoms with Gasteiger partial charge in [-0.15, -0.1) is 0 Å². The second kappa shape index (κ2) is 9.31. The molecule has 1 aliphatic rings. The number of aryl methyl sites for hydroxylation is 2. The van der Waals surface area contributed by atoms with Gasteiger partial charge in [0.25, 0.3) is 0 Å². The van der Waals surface area contributed by atoms with Gasteiger partial charge in [0.2, 0.25) is 11.9 Å². The number of carbonyl (C=O) groups excluding carboxylic acids is 1. The number of anilines is 1. The van der Waals surface area contributed by atoms with Gasteiger partial charge in [-0.2, -0.15) is 10.4 Å². The average Bonchev–Trinajstić information content (AvgIpc) is 2.98. The maximum absolute atomic E-state index is 12.5. The van der Waals surface area contributed by atoms with Crippen molar-refractivity contribution in [2.24, 2.45) is 0 Å². The van der Waals surface area contributed by atoms with Gasteiger partial charge < -0.3 is 10.2 Å². The lowest BCUT2D eigenvalue weighted by Crippen LogP contribution is -2.48. The third-order valence-electron chi connectivity index (χ3n) is 5.19. The molecular formula is C20H27N7O. The smallest absolute Gasteiger partial charge is 0.225 e. The van der Waals surface area contributed by atoms with E-state index in [9.17, 15) is 4.79 Å². The van der Waals surface area contributed by atoms with E-state index >= 15 is 0 Å². The molecular weight excluding hydrogens is 354 g/mol. The molecule has 8 nitrogen and oxygen atoms in total. The first-order valence-electron chi connectivity index (χ1n) is 9.79. The van der Waals surface area contributed by atoms with Crippen LogP contribution in [0.15, 0.2) is 18.5 Å². The molecule has 1 saturated heterocycles. The zero-order chi connectivity index (χ0) is 19.9. The number of hydrogen-bond acceptors (Lipinski definition) is 6. The van der Waals surface area contributed by atoms with Crippen molar-refractivity contribution in [1.82, 2.24) is 25.1 Å². The lowest BCUT2D eigenvalue weighted by Gasteiger charge is -2.33. The molecule has 148 valence electrons. The summed E-state index contributed by atoms with van der Waals surface area (Å²) in [6.07, 6.45) is 6.99. The first kappa shape index (κ1) is 19.8. The number of hydrogen-bond donors (Lipinski definition) is 1. The van der Waals surface area contributed by atoms with Gasteiger partial charge in [-0.25, -0.2) is 9.97 Å². The highest BCUT2D eigenvalue weighted by molar-refractivity contribution is 5.76. The van der Waals surface area contributed by atoms with Crippen molar-refractivity contribution < 1.29 is 4.79 Å². The molecule has 0 aromatic carbocycles. The highest BCUT2D eigenvalue weighted by Gasteiger charge is 2.23. The maximum atomic E-state index is 12.5. The zero-order valence-electron chi connectivity index (χ0n) is 16.6. The molecule has 1 amide bonds. The number of amides is 1. The fourth-order valence-corrected chi connectivity index (χ4v) is 3.74. The third kappa shape index (κ3) is 4.85. The fourth-order valence-electron chi connectivity index (χ4n) is 3.74. The van der Waals surface area contributed by atoms with E-state index in [-0.39, 0.29) is 11.9 Å². The van der Waals surface area contributed by atoms with Crippen LogP contribution in [0.2, 0.25) is 0 Å². The minimum atomic E-state index is 0.0596. The zero-order valence-corrected chi connectivity index (χ0v) is 16.6. The Hall–Kier alpha value is -2.95. The molecule has 0 saturated carbocycles. The van der Waals surface area contributed by atoms with E-state index in [1.54, 1.807) is 18.5 Å². The summed E-state index contributed by atoms with van der Waals surface area (Å²) in [5, 5.41) is 16.4. The number of carbonyl (C=O) groups is 1. The van der Waals surface area contributed by atoms with Crippen molar-refractivity contribution in [3.63, 3.8) is 0 Å². The quantitative estimate of drug-likeness (QED) is 0.786. The van der Waals surface area contributed by atoms with Gasteiger partial charge in [-0.3, -0.25) is 9.48 Å². The van der Waals surface area contributed by atoms with Crippen LogP contribution in [-0.4, -0.2) is 44.8 Å². The van der Waals surface area contributed by atoms with Crippen molar-refractivity contribution in [1.29, 1.82) is 5.26 Å². The van der Waals surface area contributed by atoms with Crippen molar-refractivity contribution >= 4 is 11.9 Å². The Morgan fingerprint density at radius 2 is 2.14 bits per heavy atom. The average molecular weight is 381 g/mol. The van der Waals surface area contributed by atoms with E-state index in [0.29, 0.717) is 25.8 Å². The molecule has 2 aromatic heterocycles. The Bertz CT molecular complexity index is 840. The van der Waals surface area contributed by atoms with Crippen LogP contribution < -0.4 is 10.2 Å². The van der Waals surface area contributed by atoms with Gasteiger partial charge in [0, 0.05) is 43.6 Å². The van der Waals surface area contributed by atoms with E-state index in [1.807, 2.05) is 18.5 Å². The number of piperidine rings is 1. The summed E-state index contributed by atoms with van der Waals surface area (Å²) in [4.78, 5) is 23.2. The SMILES string of the molecule is Cc1nn(CCC#N)c(C)c1CCC(=O)NC1CCCN(c2ncccn2)C1. The topological polar surface area (TPSA) is 99.7 Å². The molecule has 3 heterocycles. The van der Waals surface area contributed by atoms with Gasteiger partial charge in [0.05, 0.1) is 24.7 Å². The minimum absolute atomic E-state index is 0.0596. The molecule has 1 N–H and O–H groups in total. The number of nitrogens with one attached hydrogen (secondary N) is 1. The van der Waals surface area contributed by atoms with Crippen molar-refractivity contribution in [3.05, 3.63) is 35.4 Å². The Kier molecular flexibility index (Phi) is 6.58. The van der Waals surface area contributed by atoms with E-state index in [0.717, 1.165) is 48.8 Å². The fraction of sp³-hybridized carbons (Fsp3) is 0.550. The maximum Gasteiger partial charge on any atom is 0.225 e. The Balaban J connectivity index is 1.52. The Morgan fingerprint density at radius 3 is 2.89 bits per heavy atom. The number of nitriles is 1. The summed E-state index contributed by atoms with van der Waals surface area (Å²) in [7, 11) is 0. The van der Waals surface area contributed by atoms with Crippen LogP contribution in [0.1, 0.15) is 42.6 Å². The molecule has 28 heavy (non-hydrogen) atoms. The van der Waals surface area contributed by atoms with Crippen molar-refractivity contribution in [2.75, 3.05) is 18.0 Å². The van der Waals surface area contributed by atoms with Crippen LogP contribution in [0.5, 0.6) is 0 Å². The van der Waals surface area contributed by atoms with Gasteiger partial charge in [0.15, 0.2) is 0 Å². The molecule has 1 atom stereocenters. The summed E-state index contributed by atoms with van der Waals surface area (Å²) in [5.41, 5.74) is 3.09. The monoisotopic (exact) mass is 381 g/mol. The predicted octanol–water partition coefficient (Wildman–Crippen LogP) is 1.92. The van der Waals surface area contributed by atoms with Crippen LogP contribution in [0, 0.1) is 25.2 Å². The minimum Gasteiger partial charge on any atom is -0.352 e. The summed E-state index contributed by atoms with van der Waals surface area (Å²) in [6.45, 7) is 6.21. The second-order valence-corrected chi connectivity index (χ2v) is 7.18. The van der Waals surface area contributed by atoms with Crippen molar-refractivity contribution in [2.45, 2.75) is 58.5 Å². The van der Waals surface area contributed by atoms with Crippen LogP contribution in [-0.2, 0) is 17.8 Å². The lowest BCUT2D eigenvalue weighted by molar-refractivity contribution is -0.121. The van der Waals surface area contributed by atoms with E-state index in [4.69, 9.17) is 5.26 Å². The predicted molar refractivity (Wildman–Crippen MR) is 106 cm³/mol. The van der Waals surface area contributed by atoms with E-state index < -0.39 is 0 Å². The molecule has 0 spiro atoms. The number of aromatic nitrogens is 4. The van der Waals surface area contributed by atoms with Gasteiger partial charge in [-0.05, 0) is 44.7 Å². The van der Waals surface area contributed by atoms with E-state index in [1.165, 1.54) is 0 Å². The van der Waals surface area contributed by atoms with Crippen molar-refractivity contribution in [3.8, 4) is 6.07 Å². The lowest BCUT2D eigenvalue weighted by atomic mass is 10.0. The molecule has 0 radical (unpaired) electrons. The molecule has 1 fully saturated rings. The normalized spacial score (nSPS) is 16.6. The van der Waals surface area contributed by atoms with Gasteiger partial charge in [-0.1, -0.05) is 0 Å². The standard InChI is InChI=1S/C20H27N7O/c1-15-18(16(2)27(25-15)13-4-9-21)7-8-19(28)24-17-6-3-12-26(14-17)20-22-10-5-11-23-20/h5,10-11,17H,3-4,6-8,12-14H2,1-2H3,(H,24,28). The summed E-state index contributed by atoms with van der Waals surface area (Å²) < 4.78 is 1.87. The molecule has 0 bridgehead atoms. The summed E-state index contributed by atoms with van der Waals surface area (Å²) in [5.74, 6) is 0.780. The first-order chi connectivity index (χ1) is 13.6. The molecule has 8 heteroatoms. The third-order valence-corrected chi connectivity index (χ3v) is 5.19. The molecule has 3 rings (SSSR count). The van der Waals surface area contributed by atoms with Crippen LogP contribution in [0.3, 0.4) is 0 Å². The van der Waals surface area contributed by atoms with Gasteiger partial charge in [0.1, 0.15) is 0 Å². The number of rotatable bonds is 7. The molecule has 2 aromatic rings. The largest absolute Gasteiger partial charge is 0.352 e. The molecule has 1 aliphatic heterocycles. The summed E-state index contributed by atoms with van der Waals surface area (Å²) >= 11 is 0. The molecule has 1 unspecified atom stereocenters. The first-order valence-corrected chi connectivity index (χ1v) is 9.79.